The third kappa shape index (κ3) is 5.04. The van der Waals surface area contributed by atoms with Crippen molar-refractivity contribution in [1.29, 1.82) is 0 Å². The molecule has 8 nitrogen and oxygen atoms in total. The van der Waals surface area contributed by atoms with E-state index in [0.29, 0.717) is 42.9 Å². The number of hydrogen-bond acceptors (Lipinski definition) is 5. The van der Waals surface area contributed by atoms with Gasteiger partial charge in [-0.1, -0.05) is 19.1 Å². The highest BCUT2D eigenvalue weighted by molar-refractivity contribution is 6.08. The van der Waals surface area contributed by atoms with Gasteiger partial charge in [-0.05, 0) is 81.8 Å². The number of amides is 3. The van der Waals surface area contributed by atoms with Crippen molar-refractivity contribution in [2.24, 2.45) is 11.8 Å². The Morgan fingerprint density at radius 3 is 2.12 bits per heavy atom. The number of piperidine rings is 2. The van der Waals surface area contributed by atoms with Crippen LogP contribution >= 0.6 is 0 Å². The molecule has 1 spiro atoms. The van der Waals surface area contributed by atoms with Crippen LogP contribution in [0.25, 0.3) is 0 Å². The molecule has 2 aromatic rings. The molecule has 6 rings (SSSR count). The van der Waals surface area contributed by atoms with Gasteiger partial charge in [-0.3, -0.25) is 14.4 Å². The predicted molar refractivity (Wildman–Crippen MR) is 163 cm³/mol. The summed E-state index contributed by atoms with van der Waals surface area (Å²) in [6, 6.07) is 13.4. The van der Waals surface area contributed by atoms with E-state index in [0.717, 1.165) is 36.9 Å². The van der Waals surface area contributed by atoms with Crippen molar-refractivity contribution in [3.63, 3.8) is 0 Å². The van der Waals surface area contributed by atoms with Gasteiger partial charge in [0, 0.05) is 61.3 Å². The Morgan fingerprint density at radius 1 is 0.930 bits per heavy atom. The van der Waals surface area contributed by atoms with Crippen molar-refractivity contribution in [1.82, 2.24) is 0 Å². The second-order valence-corrected chi connectivity index (χ2v) is 13.0. The van der Waals surface area contributed by atoms with Crippen LogP contribution < -0.4 is 14.7 Å². The number of hydrogen-bond donors (Lipinski definition) is 1. The monoisotopic (exact) mass is 591 g/mol. The van der Waals surface area contributed by atoms with Crippen LogP contribution in [0.2, 0.25) is 0 Å². The maximum atomic E-state index is 15.8. The molecule has 0 radical (unpaired) electrons. The zero-order chi connectivity index (χ0) is 30.5. The van der Waals surface area contributed by atoms with Gasteiger partial charge in [-0.2, -0.15) is 0 Å². The van der Waals surface area contributed by atoms with Crippen molar-refractivity contribution in [2.75, 3.05) is 34.4 Å². The smallest absolute Gasteiger partial charge is 0.264 e. The molecule has 1 N–H and O–H groups in total. The number of halogens is 1. The number of benzene rings is 2. The predicted octanol–water partition coefficient (Wildman–Crippen LogP) is 5.24. The van der Waals surface area contributed by atoms with Gasteiger partial charge in [0.1, 0.15) is 5.67 Å². The average molecular weight is 592 g/mol. The third-order valence-electron chi connectivity index (χ3n) is 9.91. The Balaban J connectivity index is 1.39. The molecule has 0 saturated carbocycles. The second-order valence-electron chi connectivity index (χ2n) is 13.0. The first-order valence-corrected chi connectivity index (χ1v) is 15.7. The molecule has 0 bridgehead atoms. The Morgan fingerprint density at radius 2 is 1.53 bits per heavy atom. The molecule has 4 atom stereocenters. The molecule has 4 aliphatic heterocycles. The van der Waals surface area contributed by atoms with Crippen LogP contribution in [0.1, 0.15) is 76.8 Å². The lowest BCUT2D eigenvalue weighted by Gasteiger charge is -2.33. The molecule has 43 heavy (non-hydrogen) atoms. The number of rotatable bonds is 7. The van der Waals surface area contributed by atoms with Crippen LogP contribution in [0.3, 0.4) is 0 Å². The summed E-state index contributed by atoms with van der Waals surface area (Å²) < 4.78 is 22.4. The topological polar surface area (TPSA) is 90.4 Å². The molecule has 3 fully saturated rings. The molecule has 0 aliphatic carbocycles. The van der Waals surface area contributed by atoms with Gasteiger partial charge in [-0.15, -0.1) is 0 Å². The van der Waals surface area contributed by atoms with Gasteiger partial charge in [-0.25, -0.2) is 4.39 Å². The van der Waals surface area contributed by atoms with Crippen LogP contribution in [0, 0.1) is 11.8 Å². The van der Waals surface area contributed by atoms with E-state index in [1.807, 2.05) is 54.3 Å². The van der Waals surface area contributed by atoms with Gasteiger partial charge in [0.2, 0.25) is 11.8 Å². The Bertz CT molecular complexity index is 1410. The Hall–Kier alpha value is -3.30. The average Bonchev–Trinajstić information content (AvgIpc) is 3.40. The lowest BCUT2D eigenvalue weighted by atomic mass is 9.71. The minimum Gasteiger partial charge on any atom is -0.396 e. The van der Waals surface area contributed by atoms with Crippen LogP contribution in [0.4, 0.5) is 21.5 Å². The number of ether oxygens (including phenoxy) is 1. The van der Waals surface area contributed by atoms with E-state index < -0.39 is 29.2 Å². The van der Waals surface area contributed by atoms with Crippen molar-refractivity contribution in [3.05, 3.63) is 53.6 Å². The fraction of sp³-hybridized carbons (Fsp3) is 0.559. The number of nitrogens with zero attached hydrogens (tertiary/aromatic N) is 3. The molecule has 9 heteroatoms. The number of anilines is 3. The highest BCUT2D eigenvalue weighted by Crippen LogP contribution is 2.59. The number of fused-ring (bicyclic) bond motifs is 2. The summed E-state index contributed by atoms with van der Waals surface area (Å²) in [6.07, 6.45) is 4.26. The van der Waals surface area contributed by atoms with Crippen molar-refractivity contribution in [2.45, 2.75) is 89.6 Å². The van der Waals surface area contributed by atoms with Crippen LogP contribution in [-0.4, -0.2) is 54.3 Å². The summed E-state index contributed by atoms with van der Waals surface area (Å²) >= 11 is 0. The normalized spacial score (nSPS) is 27.9. The molecule has 3 saturated heterocycles. The van der Waals surface area contributed by atoms with Gasteiger partial charge < -0.3 is 24.5 Å². The molecule has 0 unspecified atom stereocenters. The second kappa shape index (κ2) is 11.3. The number of carbonyl (C=O) groups is 3. The molecular formula is C34H42FN3O5. The first kappa shape index (κ1) is 29.8. The molecule has 4 aliphatic rings. The summed E-state index contributed by atoms with van der Waals surface area (Å²) in [6.45, 7) is 6.30. The highest BCUT2D eigenvalue weighted by Gasteiger charge is 2.66. The minimum atomic E-state index is -1.65. The molecular weight excluding hydrogens is 549 g/mol. The zero-order valence-electron chi connectivity index (χ0n) is 25.4. The SMILES string of the molecule is C[C@H]1[C@H](C(C)(C)F)[C@@H](CCO)O[C@]12C(=O)N(Cc1ccc(N3CCCCC3=O)cc1)c1ccc(N3CCCCC3=O)cc12. The van der Waals surface area contributed by atoms with E-state index in [1.165, 1.54) is 13.8 Å². The van der Waals surface area contributed by atoms with E-state index in [-0.39, 0.29) is 37.3 Å². The molecule has 4 heterocycles. The van der Waals surface area contributed by atoms with Crippen molar-refractivity contribution >= 4 is 34.8 Å². The molecule has 2 aromatic carbocycles. The fourth-order valence-electron chi connectivity index (χ4n) is 7.88. The number of aliphatic hydroxyl groups is 1. The summed E-state index contributed by atoms with van der Waals surface area (Å²) in [7, 11) is 0. The van der Waals surface area contributed by atoms with Gasteiger partial charge >= 0.3 is 0 Å². The first-order chi connectivity index (χ1) is 20.6. The largest absolute Gasteiger partial charge is 0.396 e. The molecule has 230 valence electrons. The summed E-state index contributed by atoms with van der Waals surface area (Å²) in [4.78, 5) is 45.2. The van der Waals surface area contributed by atoms with Gasteiger partial charge in [0.15, 0.2) is 5.60 Å². The highest BCUT2D eigenvalue weighted by atomic mass is 19.1. The number of aliphatic hydroxyl groups excluding tert-OH is 1. The van der Waals surface area contributed by atoms with Crippen molar-refractivity contribution < 1.29 is 28.6 Å². The van der Waals surface area contributed by atoms with E-state index in [9.17, 15) is 19.5 Å². The van der Waals surface area contributed by atoms with Crippen LogP contribution in [-0.2, 0) is 31.3 Å². The van der Waals surface area contributed by atoms with Gasteiger partial charge in [0.05, 0.1) is 18.3 Å². The lowest BCUT2D eigenvalue weighted by Crippen LogP contribution is -2.45. The Kier molecular flexibility index (Phi) is 7.84. The van der Waals surface area contributed by atoms with E-state index in [2.05, 4.69) is 0 Å². The lowest BCUT2D eigenvalue weighted by molar-refractivity contribution is -0.146. The maximum Gasteiger partial charge on any atom is 0.264 e. The van der Waals surface area contributed by atoms with Crippen LogP contribution in [0.15, 0.2) is 42.5 Å². The van der Waals surface area contributed by atoms with E-state index >= 15 is 4.39 Å². The van der Waals surface area contributed by atoms with Gasteiger partial charge in [0.25, 0.3) is 5.91 Å². The minimum absolute atomic E-state index is 0.0509. The van der Waals surface area contributed by atoms with E-state index in [4.69, 9.17) is 4.74 Å². The maximum absolute atomic E-state index is 15.8. The third-order valence-corrected chi connectivity index (χ3v) is 9.91. The molecule has 0 aromatic heterocycles. The molecule has 3 amide bonds. The summed E-state index contributed by atoms with van der Waals surface area (Å²) in [5, 5.41) is 9.85. The summed E-state index contributed by atoms with van der Waals surface area (Å²) in [5.41, 5.74) is 0.676. The number of carbonyl (C=O) groups excluding carboxylic acids is 3. The summed E-state index contributed by atoms with van der Waals surface area (Å²) in [5.74, 6) is -1.24. The first-order valence-electron chi connectivity index (χ1n) is 15.7. The van der Waals surface area contributed by atoms with E-state index in [1.54, 1.807) is 9.80 Å². The van der Waals surface area contributed by atoms with Crippen molar-refractivity contribution in [3.8, 4) is 0 Å². The Labute approximate surface area is 252 Å². The fourth-order valence-corrected chi connectivity index (χ4v) is 7.88. The standard InChI is InChI=1S/C34H42FN3O5/c1-22-31(33(2,3)35)28(16-19-39)43-34(22)26-20-25(37-18-7-5-9-30(37)41)14-15-27(26)38(32(34)42)21-23-10-12-24(13-11-23)36-17-6-4-8-29(36)40/h10-15,20,22,28,31,39H,4-9,16-19,21H2,1-3H3/t22-,28+,31-,34+/m0/s1. The number of alkyl halides is 1. The zero-order valence-corrected chi connectivity index (χ0v) is 25.4. The quantitative estimate of drug-likeness (QED) is 0.476. The van der Waals surface area contributed by atoms with Crippen LogP contribution in [0.5, 0.6) is 0 Å².